The molecule has 2 nitrogen and oxygen atoms in total. The van der Waals surface area contributed by atoms with E-state index in [1.807, 2.05) is 19.1 Å². The number of carbonyl (C=O) groups is 1. The fourth-order valence-electron chi connectivity index (χ4n) is 2.19. The third-order valence-corrected chi connectivity index (χ3v) is 4.32. The number of ketones is 1. The second-order valence-electron chi connectivity index (χ2n) is 4.66. The molecule has 1 heterocycles. The molecule has 0 N–H and O–H groups in total. The highest BCUT2D eigenvalue weighted by Gasteiger charge is 2.20. The molecule has 21 heavy (non-hydrogen) atoms. The first-order valence-electron chi connectivity index (χ1n) is 6.16. The number of fused-ring (bicyclic) bond motifs is 1. The van der Waals surface area contributed by atoms with Gasteiger partial charge in [-0.3, -0.25) is 4.79 Å². The van der Waals surface area contributed by atoms with Gasteiger partial charge in [-0.1, -0.05) is 15.9 Å². The Kier molecular flexibility index (Phi) is 3.71. The van der Waals surface area contributed by atoms with E-state index in [0.29, 0.717) is 11.1 Å². The molecule has 0 aliphatic rings. The van der Waals surface area contributed by atoms with E-state index in [0.717, 1.165) is 19.9 Å². The highest BCUT2D eigenvalue weighted by atomic mass is 79.9. The van der Waals surface area contributed by atoms with Crippen LogP contribution in [0, 0.1) is 12.7 Å². The molecule has 0 amide bonds. The van der Waals surface area contributed by atoms with Crippen LogP contribution in [0.15, 0.2) is 49.8 Å². The lowest BCUT2D eigenvalue weighted by Crippen LogP contribution is -2.01. The molecule has 2 aromatic carbocycles. The minimum absolute atomic E-state index is 0.258. The molecule has 0 fully saturated rings. The van der Waals surface area contributed by atoms with Gasteiger partial charge >= 0.3 is 0 Å². The van der Waals surface area contributed by atoms with E-state index in [9.17, 15) is 9.18 Å². The van der Waals surface area contributed by atoms with Crippen molar-refractivity contribution >= 4 is 48.6 Å². The Balaban J connectivity index is 2.16. The van der Waals surface area contributed by atoms with Crippen molar-refractivity contribution in [3.63, 3.8) is 0 Å². The van der Waals surface area contributed by atoms with Gasteiger partial charge < -0.3 is 4.42 Å². The number of hydrogen-bond donors (Lipinski definition) is 0. The van der Waals surface area contributed by atoms with Gasteiger partial charge in [-0.2, -0.15) is 0 Å². The summed E-state index contributed by atoms with van der Waals surface area (Å²) >= 11 is 6.84. The smallest absolute Gasteiger partial charge is 0.228 e. The predicted molar refractivity (Wildman–Crippen MR) is 86.2 cm³/mol. The van der Waals surface area contributed by atoms with E-state index in [4.69, 9.17) is 4.42 Å². The number of furan rings is 1. The summed E-state index contributed by atoms with van der Waals surface area (Å²) in [7, 11) is 0. The number of carbonyl (C=O) groups excluding carboxylic acids is 1. The summed E-state index contributed by atoms with van der Waals surface area (Å²) in [6.07, 6.45) is 0. The third kappa shape index (κ3) is 2.56. The fourth-order valence-corrected chi connectivity index (χ4v) is 3.50. The zero-order valence-corrected chi connectivity index (χ0v) is 14.1. The average Bonchev–Trinajstić information content (AvgIpc) is 2.77. The summed E-state index contributed by atoms with van der Waals surface area (Å²) in [5, 5.41) is 0.863. The molecule has 3 rings (SSSR count). The van der Waals surface area contributed by atoms with Crippen molar-refractivity contribution < 1.29 is 13.6 Å². The lowest BCUT2D eigenvalue weighted by atomic mass is 10.0. The Hall–Kier alpha value is -1.46. The molecule has 0 unspecified atom stereocenters. The van der Waals surface area contributed by atoms with Crippen LogP contribution in [0.5, 0.6) is 0 Å². The summed E-state index contributed by atoms with van der Waals surface area (Å²) < 4.78 is 20.3. The quantitative estimate of drug-likeness (QED) is 0.511. The van der Waals surface area contributed by atoms with Crippen LogP contribution in [-0.2, 0) is 0 Å². The zero-order chi connectivity index (χ0) is 15.1. The topological polar surface area (TPSA) is 30.2 Å². The van der Waals surface area contributed by atoms with Crippen LogP contribution in [-0.4, -0.2) is 5.78 Å². The lowest BCUT2D eigenvalue weighted by Gasteiger charge is -1.98. The minimum Gasteiger partial charge on any atom is -0.451 e. The first kappa shape index (κ1) is 14.5. The normalized spacial score (nSPS) is 11.0. The molecule has 106 valence electrons. The molecule has 1 aromatic heterocycles. The van der Waals surface area contributed by atoms with Gasteiger partial charge in [-0.05, 0) is 59.3 Å². The highest BCUT2D eigenvalue weighted by molar-refractivity contribution is 9.11. The van der Waals surface area contributed by atoms with Crippen LogP contribution in [0.2, 0.25) is 0 Å². The standard InChI is InChI=1S/C16H9Br2FO2/c1-8-12-6-10(17)7-13(18)16(12)21-15(8)14(20)9-2-4-11(19)5-3-9/h2-7H,1H3. The van der Waals surface area contributed by atoms with Gasteiger partial charge in [0.05, 0.1) is 4.47 Å². The minimum atomic E-state index is -0.375. The molecule has 0 atom stereocenters. The number of benzene rings is 2. The van der Waals surface area contributed by atoms with Crippen LogP contribution in [0.3, 0.4) is 0 Å². The van der Waals surface area contributed by atoms with Gasteiger partial charge in [0.1, 0.15) is 11.4 Å². The largest absolute Gasteiger partial charge is 0.451 e. The van der Waals surface area contributed by atoms with Crippen molar-refractivity contribution in [2.75, 3.05) is 0 Å². The molecule has 0 radical (unpaired) electrons. The van der Waals surface area contributed by atoms with E-state index >= 15 is 0 Å². The van der Waals surface area contributed by atoms with E-state index in [-0.39, 0.29) is 17.4 Å². The van der Waals surface area contributed by atoms with Crippen LogP contribution in [0.25, 0.3) is 11.0 Å². The van der Waals surface area contributed by atoms with Gasteiger partial charge in [0.15, 0.2) is 5.76 Å². The average molecular weight is 412 g/mol. The molecule has 0 saturated heterocycles. The van der Waals surface area contributed by atoms with Crippen molar-refractivity contribution in [1.82, 2.24) is 0 Å². The van der Waals surface area contributed by atoms with Gasteiger partial charge in [0.25, 0.3) is 0 Å². The van der Waals surface area contributed by atoms with Crippen molar-refractivity contribution in [1.29, 1.82) is 0 Å². The lowest BCUT2D eigenvalue weighted by molar-refractivity contribution is 0.101. The number of rotatable bonds is 2. The van der Waals surface area contributed by atoms with Gasteiger partial charge in [-0.15, -0.1) is 0 Å². The Morgan fingerprint density at radius 3 is 2.48 bits per heavy atom. The van der Waals surface area contributed by atoms with E-state index in [2.05, 4.69) is 31.9 Å². The van der Waals surface area contributed by atoms with Crippen molar-refractivity contribution in [3.8, 4) is 0 Å². The summed E-state index contributed by atoms with van der Waals surface area (Å²) in [4.78, 5) is 12.5. The summed E-state index contributed by atoms with van der Waals surface area (Å²) in [6, 6.07) is 9.19. The van der Waals surface area contributed by atoms with Crippen LogP contribution in [0.1, 0.15) is 21.7 Å². The second-order valence-corrected chi connectivity index (χ2v) is 6.43. The van der Waals surface area contributed by atoms with Gasteiger partial charge in [-0.25, -0.2) is 4.39 Å². The molecular weight excluding hydrogens is 403 g/mol. The van der Waals surface area contributed by atoms with Crippen molar-refractivity contribution in [3.05, 3.63) is 68.0 Å². The monoisotopic (exact) mass is 410 g/mol. The maximum Gasteiger partial charge on any atom is 0.228 e. The van der Waals surface area contributed by atoms with Crippen LogP contribution >= 0.6 is 31.9 Å². The maximum absolute atomic E-state index is 13.0. The molecule has 0 aliphatic heterocycles. The van der Waals surface area contributed by atoms with Crippen LogP contribution < -0.4 is 0 Å². The number of hydrogen-bond acceptors (Lipinski definition) is 2. The molecule has 0 spiro atoms. The Morgan fingerprint density at radius 2 is 1.81 bits per heavy atom. The molecular formula is C16H9Br2FO2. The summed E-state index contributed by atoms with van der Waals surface area (Å²) in [5.74, 6) is -0.360. The Morgan fingerprint density at radius 1 is 1.14 bits per heavy atom. The zero-order valence-electron chi connectivity index (χ0n) is 10.9. The van der Waals surface area contributed by atoms with E-state index in [1.54, 1.807) is 0 Å². The van der Waals surface area contributed by atoms with Crippen molar-refractivity contribution in [2.45, 2.75) is 6.92 Å². The summed E-state index contributed by atoms with van der Waals surface area (Å²) in [5.41, 5.74) is 1.79. The van der Waals surface area contributed by atoms with E-state index < -0.39 is 0 Å². The van der Waals surface area contributed by atoms with Gasteiger partial charge in [0.2, 0.25) is 5.78 Å². The van der Waals surface area contributed by atoms with E-state index in [1.165, 1.54) is 24.3 Å². The summed E-state index contributed by atoms with van der Waals surface area (Å²) in [6.45, 7) is 1.83. The Labute approximate surface area is 137 Å². The molecule has 0 bridgehead atoms. The first-order valence-corrected chi connectivity index (χ1v) is 7.74. The third-order valence-electron chi connectivity index (χ3n) is 3.27. The predicted octanol–water partition coefficient (Wildman–Crippen LogP) is 5.64. The maximum atomic E-state index is 13.0. The van der Waals surface area contributed by atoms with Gasteiger partial charge in [0, 0.05) is 21.0 Å². The molecule has 0 aliphatic carbocycles. The first-order chi connectivity index (χ1) is 9.97. The molecule has 0 saturated carbocycles. The van der Waals surface area contributed by atoms with Crippen molar-refractivity contribution in [2.24, 2.45) is 0 Å². The van der Waals surface area contributed by atoms with Crippen LogP contribution in [0.4, 0.5) is 4.39 Å². The second kappa shape index (κ2) is 5.39. The Bertz CT molecular complexity index is 851. The SMILES string of the molecule is Cc1c(C(=O)c2ccc(F)cc2)oc2c(Br)cc(Br)cc12. The fraction of sp³-hybridized carbons (Fsp3) is 0.0625. The molecule has 3 aromatic rings. The highest BCUT2D eigenvalue weighted by Crippen LogP contribution is 2.34. The number of aryl methyl sites for hydroxylation is 1. The molecule has 5 heteroatoms. The number of halogens is 3.